The molecule has 1 N–H and O–H groups in total. The van der Waals surface area contributed by atoms with E-state index in [-0.39, 0.29) is 0 Å². The molecule has 3 nitrogen and oxygen atoms in total. The second-order valence-corrected chi connectivity index (χ2v) is 4.50. The molecule has 0 aromatic heterocycles. The molecule has 0 heterocycles. The highest BCUT2D eigenvalue weighted by Crippen LogP contribution is 2.27. The van der Waals surface area contributed by atoms with Gasteiger partial charge in [-0.25, -0.2) is 0 Å². The Morgan fingerprint density at radius 1 is 1.11 bits per heavy atom. The highest BCUT2D eigenvalue weighted by Gasteiger charge is 2.13. The number of benzene rings is 1. The Morgan fingerprint density at radius 3 is 2.58 bits per heavy atom. The highest BCUT2D eigenvalue weighted by molar-refractivity contribution is 5.35. The lowest BCUT2D eigenvalue weighted by atomic mass is 10.0. The van der Waals surface area contributed by atoms with Gasteiger partial charge in [-0.1, -0.05) is 32.0 Å². The second kappa shape index (κ2) is 9.82. The molecule has 0 aliphatic heterocycles. The first-order chi connectivity index (χ1) is 9.33. The molecule has 0 saturated heterocycles. The van der Waals surface area contributed by atoms with E-state index in [0.29, 0.717) is 19.3 Å². The largest absolute Gasteiger partial charge is 0.491 e. The SMILES string of the molecule is CCCNC(CC)c1ccccc1OCCOCC. The van der Waals surface area contributed by atoms with Crippen molar-refractivity contribution in [2.24, 2.45) is 0 Å². The van der Waals surface area contributed by atoms with Gasteiger partial charge in [-0.2, -0.15) is 0 Å². The summed E-state index contributed by atoms with van der Waals surface area (Å²) in [6.07, 6.45) is 2.20. The summed E-state index contributed by atoms with van der Waals surface area (Å²) in [5.41, 5.74) is 1.25. The van der Waals surface area contributed by atoms with Crippen molar-refractivity contribution in [3.8, 4) is 5.75 Å². The van der Waals surface area contributed by atoms with Gasteiger partial charge >= 0.3 is 0 Å². The van der Waals surface area contributed by atoms with Gasteiger partial charge in [0.15, 0.2) is 0 Å². The fraction of sp³-hybridized carbons (Fsp3) is 0.625. The van der Waals surface area contributed by atoms with Gasteiger partial charge in [0.25, 0.3) is 0 Å². The van der Waals surface area contributed by atoms with E-state index in [4.69, 9.17) is 9.47 Å². The number of para-hydroxylation sites is 1. The minimum Gasteiger partial charge on any atom is -0.491 e. The molecule has 1 aromatic carbocycles. The summed E-state index contributed by atoms with van der Waals surface area (Å²) in [7, 11) is 0. The third-order valence-electron chi connectivity index (χ3n) is 3.03. The van der Waals surface area contributed by atoms with Crippen molar-refractivity contribution in [3.63, 3.8) is 0 Å². The van der Waals surface area contributed by atoms with Crippen LogP contribution in [0.15, 0.2) is 24.3 Å². The van der Waals surface area contributed by atoms with Crippen LogP contribution in [0, 0.1) is 0 Å². The molecule has 0 saturated carbocycles. The van der Waals surface area contributed by atoms with Gasteiger partial charge in [0.05, 0.1) is 6.61 Å². The number of rotatable bonds is 10. The molecule has 0 radical (unpaired) electrons. The fourth-order valence-electron chi connectivity index (χ4n) is 2.05. The summed E-state index contributed by atoms with van der Waals surface area (Å²) in [5.74, 6) is 0.970. The van der Waals surface area contributed by atoms with Crippen LogP contribution in [0.4, 0.5) is 0 Å². The molecule has 0 bridgehead atoms. The van der Waals surface area contributed by atoms with Crippen molar-refractivity contribution < 1.29 is 9.47 Å². The summed E-state index contributed by atoms with van der Waals surface area (Å²) in [6.45, 7) is 9.40. The molecule has 1 unspecified atom stereocenters. The van der Waals surface area contributed by atoms with Crippen molar-refractivity contribution in [2.75, 3.05) is 26.4 Å². The first-order valence-corrected chi connectivity index (χ1v) is 7.36. The molecule has 0 aliphatic carbocycles. The third-order valence-corrected chi connectivity index (χ3v) is 3.03. The number of ether oxygens (including phenoxy) is 2. The molecule has 108 valence electrons. The van der Waals surface area contributed by atoms with E-state index in [1.165, 1.54) is 5.56 Å². The molecule has 1 atom stereocenters. The predicted molar refractivity (Wildman–Crippen MR) is 79.8 cm³/mol. The highest BCUT2D eigenvalue weighted by atomic mass is 16.5. The van der Waals surface area contributed by atoms with Crippen molar-refractivity contribution in [1.82, 2.24) is 5.32 Å². The first kappa shape index (κ1) is 16.0. The predicted octanol–water partition coefficient (Wildman–Crippen LogP) is 3.55. The standard InChI is InChI=1S/C16H27NO2/c1-4-11-17-15(5-2)14-9-7-8-10-16(14)19-13-12-18-6-3/h7-10,15,17H,4-6,11-13H2,1-3H3. The Labute approximate surface area is 117 Å². The van der Waals surface area contributed by atoms with Crippen LogP contribution in [0.5, 0.6) is 5.75 Å². The smallest absolute Gasteiger partial charge is 0.124 e. The second-order valence-electron chi connectivity index (χ2n) is 4.50. The Bertz CT molecular complexity index is 341. The van der Waals surface area contributed by atoms with E-state index in [9.17, 15) is 0 Å². The number of hydrogen-bond acceptors (Lipinski definition) is 3. The van der Waals surface area contributed by atoms with E-state index in [1.54, 1.807) is 0 Å². The van der Waals surface area contributed by atoms with Gasteiger partial charge in [0, 0.05) is 18.2 Å². The summed E-state index contributed by atoms with van der Waals surface area (Å²) >= 11 is 0. The molecule has 19 heavy (non-hydrogen) atoms. The summed E-state index contributed by atoms with van der Waals surface area (Å²) < 4.78 is 11.1. The lowest BCUT2D eigenvalue weighted by molar-refractivity contribution is 0.109. The van der Waals surface area contributed by atoms with Gasteiger partial charge in [-0.15, -0.1) is 0 Å². The fourth-order valence-corrected chi connectivity index (χ4v) is 2.05. The van der Waals surface area contributed by atoms with Crippen molar-refractivity contribution in [3.05, 3.63) is 29.8 Å². The molecule has 0 aliphatic rings. The summed E-state index contributed by atoms with van der Waals surface area (Å²) in [4.78, 5) is 0. The molecule has 3 heteroatoms. The zero-order valence-electron chi connectivity index (χ0n) is 12.4. The average molecular weight is 265 g/mol. The van der Waals surface area contributed by atoms with Crippen LogP contribution in [0.2, 0.25) is 0 Å². The van der Waals surface area contributed by atoms with Crippen LogP contribution in [0.25, 0.3) is 0 Å². The normalized spacial score (nSPS) is 12.4. The average Bonchev–Trinajstić information content (AvgIpc) is 2.45. The van der Waals surface area contributed by atoms with E-state index in [2.05, 4.69) is 31.3 Å². The van der Waals surface area contributed by atoms with Gasteiger partial charge in [0.2, 0.25) is 0 Å². The van der Waals surface area contributed by atoms with Gasteiger partial charge < -0.3 is 14.8 Å². The monoisotopic (exact) mass is 265 g/mol. The zero-order valence-corrected chi connectivity index (χ0v) is 12.4. The minimum absolute atomic E-state index is 0.364. The van der Waals surface area contributed by atoms with Crippen LogP contribution < -0.4 is 10.1 Å². The van der Waals surface area contributed by atoms with E-state index >= 15 is 0 Å². The van der Waals surface area contributed by atoms with Crippen LogP contribution in [0.3, 0.4) is 0 Å². The Morgan fingerprint density at radius 2 is 1.89 bits per heavy atom. The van der Waals surface area contributed by atoms with E-state index < -0.39 is 0 Å². The molecule has 0 spiro atoms. The Hall–Kier alpha value is -1.06. The quantitative estimate of drug-likeness (QED) is 0.656. The van der Waals surface area contributed by atoms with Crippen LogP contribution in [0.1, 0.15) is 45.2 Å². The lowest BCUT2D eigenvalue weighted by Gasteiger charge is -2.20. The maximum atomic E-state index is 5.84. The summed E-state index contributed by atoms with van der Waals surface area (Å²) in [6, 6.07) is 8.64. The van der Waals surface area contributed by atoms with Crippen molar-refractivity contribution in [1.29, 1.82) is 0 Å². The third kappa shape index (κ3) is 5.62. The maximum Gasteiger partial charge on any atom is 0.124 e. The van der Waals surface area contributed by atoms with Crippen molar-refractivity contribution in [2.45, 2.75) is 39.7 Å². The first-order valence-electron chi connectivity index (χ1n) is 7.36. The van der Waals surface area contributed by atoms with Gasteiger partial charge in [-0.3, -0.25) is 0 Å². The summed E-state index contributed by atoms with van der Waals surface area (Å²) in [5, 5.41) is 3.57. The number of nitrogens with one attached hydrogen (secondary N) is 1. The molecular formula is C16H27NO2. The minimum atomic E-state index is 0.364. The maximum absolute atomic E-state index is 5.84. The van der Waals surface area contributed by atoms with E-state index in [0.717, 1.165) is 31.7 Å². The van der Waals surface area contributed by atoms with Crippen LogP contribution in [-0.2, 0) is 4.74 Å². The van der Waals surface area contributed by atoms with Crippen molar-refractivity contribution >= 4 is 0 Å². The van der Waals surface area contributed by atoms with Gasteiger partial charge in [0.1, 0.15) is 12.4 Å². The lowest BCUT2D eigenvalue weighted by Crippen LogP contribution is -2.22. The Balaban J connectivity index is 2.64. The molecule has 1 rings (SSSR count). The van der Waals surface area contributed by atoms with Crippen LogP contribution in [-0.4, -0.2) is 26.4 Å². The zero-order chi connectivity index (χ0) is 13.9. The Kier molecular flexibility index (Phi) is 8.26. The van der Waals surface area contributed by atoms with Crippen LogP contribution >= 0.6 is 0 Å². The van der Waals surface area contributed by atoms with Gasteiger partial charge in [-0.05, 0) is 32.4 Å². The molecule has 1 aromatic rings. The molecular weight excluding hydrogens is 238 g/mol. The molecule has 0 fully saturated rings. The topological polar surface area (TPSA) is 30.5 Å². The number of hydrogen-bond donors (Lipinski definition) is 1. The molecule has 0 amide bonds. The van der Waals surface area contributed by atoms with E-state index in [1.807, 2.05) is 19.1 Å².